The molecule has 3 rings (SSSR count). The molecule has 5 nitrogen and oxygen atoms in total. The maximum absolute atomic E-state index is 13.9. The van der Waals surface area contributed by atoms with Crippen LogP contribution in [0.2, 0.25) is 0 Å². The van der Waals surface area contributed by atoms with E-state index in [1.165, 1.54) is 6.07 Å². The van der Waals surface area contributed by atoms with Crippen molar-refractivity contribution in [1.82, 2.24) is 9.62 Å². The molecule has 1 fully saturated rings. The summed E-state index contributed by atoms with van der Waals surface area (Å²) in [6.07, 6.45) is 0.741. The number of rotatable bonds is 7. The average Bonchev–Trinajstić information content (AvgIpc) is 2.66. The van der Waals surface area contributed by atoms with E-state index in [1.807, 2.05) is 25.1 Å². The van der Waals surface area contributed by atoms with Gasteiger partial charge in [-0.2, -0.15) is 0 Å². The fourth-order valence-corrected chi connectivity index (χ4v) is 4.47. The standard InChI is InChI=1S/C20H26FN3O2S/c1-17-6-4-7-18(16-17)27(25,26)22-10-5-11-23-12-14-24(15-13-23)20-9-3-2-8-19(20)21/h2-4,6-9,16,22H,5,10-15H2,1H3. The summed E-state index contributed by atoms with van der Waals surface area (Å²) in [6.45, 7) is 6.34. The van der Waals surface area contributed by atoms with E-state index < -0.39 is 10.0 Å². The molecule has 2 aromatic carbocycles. The van der Waals surface area contributed by atoms with E-state index in [0.717, 1.165) is 44.7 Å². The van der Waals surface area contributed by atoms with Crippen molar-refractivity contribution in [2.24, 2.45) is 0 Å². The maximum Gasteiger partial charge on any atom is 0.240 e. The minimum atomic E-state index is -3.45. The smallest absolute Gasteiger partial charge is 0.240 e. The average molecular weight is 392 g/mol. The summed E-state index contributed by atoms with van der Waals surface area (Å²) in [4.78, 5) is 4.66. The Balaban J connectivity index is 1.41. The third-order valence-corrected chi connectivity index (χ3v) is 6.27. The minimum absolute atomic E-state index is 0.184. The highest BCUT2D eigenvalue weighted by Crippen LogP contribution is 2.20. The van der Waals surface area contributed by atoms with Gasteiger partial charge in [-0.05, 0) is 49.7 Å². The van der Waals surface area contributed by atoms with E-state index in [1.54, 1.807) is 24.3 Å². The fraction of sp³-hybridized carbons (Fsp3) is 0.400. The van der Waals surface area contributed by atoms with Crippen LogP contribution in [0.25, 0.3) is 0 Å². The third-order valence-electron chi connectivity index (χ3n) is 4.81. The van der Waals surface area contributed by atoms with Crippen molar-refractivity contribution in [3.05, 3.63) is 59.9 Å². The van der Waals surface area contributed by atoms with Crippen molar-refractivity contribution >= 4 is 15.7 Å². The minimum Gasteiger partial charge on any atom is -0.367 e. The number of anilines is 1. The third kappa shape index (κ3) is 5.28. The Kier molecular flexibility index (Phi) is 6.46. The predicted molar refractivity (Wildman–Crippen MR) is 106 cm³/mol. The van der Waals surface area contributed by atoms with Gasteiger partial charge in [-0.3, -0.25) is 4.90 Å². The lowest BCUT2D eigenvalue weighted by Gasteiger charge is -2.36. The lowest BCUT2D eigenvalue weighted by atomic mass is 10.2. The van der Waals surface area contributed by atoms with Gasteiger partial charge in [0.1, 0.15) is 5.82 Å². The van der Waals surface area contributed by atoms with Crippen LogP contribution in [-0.2, 0) is 10.0 Å². The summed E-state index contributed by atoms with van der Waals surface area (Å²) < 4.78 is 41.1. The number of halogens is 1. The van der Waals surface area contributed by atoms with Gasteiger partial charge in [0, 0.05) is 32.7 Å². The maximum atomic E-state index is 13.9. The van der Waals surface area contributed by atoms with E-state index in [2.05, 4.69) is 14.5 Å². The summed E-state index contributed by atoms with van der Waals surface area (Å²) in [5.74, 6) is -0.184. The number of nitrogens with one attached hydrogen (secondary N) is 1. The Morgan fingerprint density at radius 1 is 1.04 bits per heavy atom. The van der Waals surface area contributed by atoms with Crippen molar-refractivity contribution in [3.63, 3.8) is 0 Å². The van der Waals surface area contributed by atoms with Crippen LogP contribution in [0.5, 0.6) is 0 Å². The molecule has 2 aromatic rings. The van der Waals surface area contributed by atoms with Gasteiger partial charge in [-0.1, -0.05) is 24.3 Å². The lowest BCUT2D eigenvalue weighted by molar-refractivity contribution is 0.255. The van der Waals surface area contributed by atoms with Gasteiger partial charge in [-0.15, -0.1) is 0 Å². The van der Waals surface area contributed by atoms with Crippen LogP contribution in [0, 0.1) is 12.7 Å². The van der Waals surface area contributed by atoms with E-state index in [-0.39, 0.29) is 5.82 Å². The lowest BCUT2D eigenvalue weighted by Crippen LogP contribution is -2.47. The highest BCUT2D eigenvalue weighted by atomic mass is 32.2. The zero-order chi connectivity index (χ0) is 19.3. The molecule has 1 aliphatic heterocycles. The van der Waals surface area contributed by atoms with E-state index in [9.17, 15) is 12.8 Å². The van der Waals surface area contributed by atoms with Gasteiger partial charge in [0.25, 0.3) is 0 Å². The topological polar surface area (TPSA) is 52.7 Å². The van der Waals surface area contributed by atoms with E-state index in [0.29, 0.717) is 17.1 Å². The van der Waals surface area contributed by atoms with Gasteiger partial charge >= 0.3 is 0 Å². The number of hydrogen-bond acceptors (Lipinski definition) is 4. The molecule has 27 heavy (non-hydrogen) atoms. The molecule has 1 aliphatic rings. The molecule has 7 heteroatoms. The molecule has 0 spiro atoms. The quantitative estimate of drug-likeness (QED) is 0.738. The van der Waals surface area contributed by atoms with Crippen molar-refractivity contribution in [2.75, 3.05) is 44.2 Å². The largest absolute Gasteiger partial charge is 0.367 e. The first kappa shape index (κ1) is 19.8. The SMILES string of the molecule is Cc1cccc(S(=O)(=O)NCCCN2CCN(c3ccccc3F)CC2)c1. The number of piperazine rings is 1. The zero-order valence-electron chi connectivity index (χ0n) is 15.6. The van der Waals surface area contributed by atoms with Crippen molar-refractivity contribution in [1.29, 1.82) is 0 Å². The van der Waals surface area contributed by atoms with E-state index >= 15 is 0 Å². The molecule has 0 atom stereocenters. The molecule has 1 saturated heterocycles. The molecule has 0 radical (unpaired) electrons. The van der Waals surface area contributed by atoms with Crippen LogP contribution in [0.3, 0.4) is 0 Å². The molecule has 0 unspecified atom stereocenters. The summed E-state index contributed by atoms with van der Waals surface area (Å²) >= 11 is 0. The summed E-state index contributed by atoms with van der Waals surface area (Å²) in [5, 5.41) is 0. The Morgan fingerprint density at radius 2 is 1.78 bits per heavy atom. The van der Waals surface area contributed by atoms with E-state index in [4.69, 9.17) is 0 Å². The first-order valence-electron chi connectivity index (χ1n) is 9.24. The molecule has 0 bridgehead atoms. The molecule has 0 aromatic heterocycles. The molecular formula is C20H26FN3O2S. The molecule has 0 saturated carbocycles. The normalized spacial score (nSPS) is 15.9. The molecule has 1 heterocycles. The Labute approximate surface area is 160 Å². The monoisotopic (exact) mass is 391 g/mol. The predicted octanol–water partition coefficient (Wildman–Crippen LogP) is 2.62. The second-order valence-electron chi connectivity index (χ2n) is 6.85. The molecule has 0 aliphatic carbocycles. The first-order chi connectivity index (χ1) is 13.0. The van der Waals surface area contributed by atoms with Crippen LogP contribution in [-0.4, -0.2) is 52.6 Å². The highest BCUT2D eigenvalue weighted by Gasteiger charge is 2.19. The number of aryl methyl sites for hydroxylation is 1. The van der Waals surface area contributed by atoms with Gasteiger partial charge < -0.3 is 4.90 Å². The molecule has 0 amide bonds. The number of hydrogen-bond donors (Lipinski definition) is 1. The number of sulfonamides is 1. The van der Waals surface area contributed by atoms with Gasteiger partial charge in [0.15, 0.2) is 0 Å². The Bertz CT molecular complexity index is 865. The van der Waals surface area contributed by atoms with Gasteiger partial charge in [-0.25, -0.2) is 17.5 Å². The molecule has 1 N–H and O–H groups in total. The van der Waals surface area contributed by atoms with Crippen LogP contribution in [0.4, 0.5) is 10.1 Å². The number of benzene rings is 2. The Morgan fingerprint density at radius 3 is 2.48 bits per heavy atom. The first-order valence-corrected chi connectivity index (χ1v) is 10.7. The second kappa shape index (κ2) is 8.82. The van der Waals surface area contributed by atoms with Crippen molar-refractivity contribution < 1.29 is 12.8 Å². The van der Waals surface area contributed by atoms with Crippen molar-refractivity contribution in [2.45, 2.75) is 18.2 Å². The van der Waals surface area contributed by atoms with Crippen LogP contribution in [0.1, 0.15) is 12.0 Å². The summed E-state index contributed by atoms with van der Waals surface area (Å²) in [5.41, 5.74) is 1.58. The van der Waals surface area contributed by atoms with Gasteiger partial charge in [0.05, 0.1) is 10.6 Å². The summed E-state index contributed by atoms with van der Waals surface area (Å²) in [7, 11) is -3.45. The van der Waals surface area contributed by atoms with Crippen LogP contribution in [0.15, 0.2) is 53.4 Å². The Hall–Kier alpha value is -1.96. The van der Waals surface area contributed by atoms with Gasteiger partial charge in [0.2, 0.25) is 10.0 Å². The molecule has 146 valence electrons. The number of nitrogens with zero attached hydrogens (tertiary/aromatic N) is 2. The second-order valence-corrected chi connectivity index (χ2v) is 8.61. The van der Waals surface area contributed by atoms with Crippen LogP contribution >= 0.6 is 0 Å². The van der Waals surface area contributed by atoms with Crippen LogP contribution < -0.4 is 9.62 Å². The zero-order valence-corrected chi connectivity index (χ0v) is 16.4. The van der Waals surface area contributed by atoms with Crippen molar-refractivity contribution in [3.8, 4) is 0 Å². The summed E-state index contributed by atoms with van der Waals surface area (Å²) in [6, 6.07) is 13.8. The molecular weight excluding hydrogens is 365 g/mol. The fourth-order valence-electron chi connectivity index (χ4n) is 3.30. The highest BCUT2D eigenvalue weighted by molar-refractivity contribution is 7.89. The number of para-hydroxylation sites is 1.